The second kappa shape index (κ2) is 3.08. The summed E-state index contributed by atoms with van der Waals surface area (Å²) >= 11 is 0. The summed E-state index contributed by atoms with van der Waals surface area (Å²) in [5.41, 5.74) is -0.326. The van der Waals surface area contributed by atoms with E-state index in [1.807, 2.05) is 20.8 Å². The predicted octanol–water partition coefficient (Wildman–Crippen LogP) is 1.08. The van der Waals surface area contributed by atoms with Gasteiger partial charge in [-0.25, -0.2) is 0 Å². The zero-order valence-corrected chi connectivity index (χ0v) is 7.84. The fourth-order valence-corrected chi connectivity index (χ4v) is 0.821. The van der Waals surface area contributed by atoms with Crippen LogP contribution in [0.2, 0.25) is 0 Å². The summed E-state index contributed by atoms with van der Waals surface area (Å²) in [6, 6.07) is 0. The maximum atomic E-state index is 11.3. The van der Waals surface area contributed by atoms with Gasteiger partial charge < -0.3 is 10.3 Å². The highest BCUT2D eigenvalue weighted by molar-refractivity contribution is 5.91. The number of amides is 1. The minimum atomic E-state index is -0.431. The molecule has 0 aromatic carbocycles. The molecule has 0 saturated carbocycles. The van der Waals surface area contributed by atoms with Gasteiger partial charge in [0, 0.05) is 5.54 Å². The third-order valence-corrected chi connectivity index (χ3v) is 1.26. The molecule has 0 fully saturated rings. The van der Waals surface area contributed by atoms with Crippen molar-refractivity contribution < 1.29 is 9.90 Å². The molecule has 71 valence electrons. The molecule has 1 rings (SSSR count). The average Bonchev–Trinajstić information content (AvgIpc) is 2.31. The Morgan fingerprint density at radius 2 is 2.15 bits per heavy atom. The van der Waals surface area contributed by atoms with Crippen LogP contribution in [0.25, 0.3) is 0 Å². The second-order valence-electron chi connectivity index (χ2n) is 3.79. The summed E-state index contributed by atoms with van der Waals surface area (Å²) in [4.78, 5) is 17.3. The summed E-state index contributed by atoms with van der Waals surface area (Å²) < 4.78 is 0. The van der Waals surface area contributed by atoms with Crippen molar-refractivity contribution in [2.75, 3.05) is 0 Å². The number of H-pyrrole nitrogens is 1. The van der Waals surface area contributed by atoms with Gasteiger partial charge in [0.25, 0.3) is 11.8 Å². The van der Waals surface area contributed by atoms with Crippen LogP contribution in [-0.4, -0.2) is 21.4 Å². The molecular weight excluding hydrogens is 170 g/mol. The molecule has 0 atom stereocenters. The first-order chi connectivity index (χ1) is 5.88. The molecule has 1 aromatic heterocycles. The van der Waals surface area contributed by atoms with E-state index in [-0.39, 0.29) is 17.3 Å². The molecule has 1 aromatic rings. The van der Waals surface area contributed by atoms with Crippen molar-refractivity contribution in [1.29, 1.82) is 0 Å². The molecule has 0 aliphatic rings. The van der Waals surface area contributed by atoms with Crippen LogP contribution in [0.5, 0.6) is 5.88 Å². The molecule has 1 heterocycles. The van der Waals surface area contributed by atoms with Crippen LogP contribution >= 0.6 is 0 Å². The molecule has 1 amide bonds. The first kappa shape index (κ1) is 9.57. The monoisotopic (exact) mass is 182 g/mol. The topological polar surface area (TPSA) is 77.7 Å². The van der Waals surface area contributed by atoms with Crippen molar-refractivity contribution in [3.05, 3.63) is 12.0 Å². The smallest absolute Gasteiger partial charge is 0.288 e. The predicted molar refractivity (Wildman–Crippen MR) is 45.9 cm³/mol. The maximum absolute atomic E-state index is 11.3. The zero-order chi connectivity index (χ0) is 10.1. The Balaban J connectivity index is 2.70. The number of imidazole rings is 1. The lowest BCUT2D eigenvalue weighted by molar-refractivity contribution is 0.0909. The first-order valence-corrected chi connectivity index (χ1v) is 3.93. The summed E-state index contributed by atoms with van der Waals surface area (Å²) in [7, 11) is 0. The standard InChI is InChI=1S/C8H12N3O2/c1-8(2,3)11-7(13)6-9-4-5(12)10-6/h4H,1-3H3,(H,9,10)(H,11,13). The Bertz CT molecular complexity index is 311. The van der Waals surface area contributed by atoms with Gasteiger partial charge in [-0.1, -0.05) is 0 Å². The molecule has 5 nitrogen and oxygen atoms in total. The lowest BCUT2D eigenvalue weighted by atomic mass is 10.1. The molecular formula is C8H12N3O2. The highest BCUT2D eigenvalue weighted by Crippen LogP contribution is 2.06. The molecule has 0 unspecified atom stereocenters. The Hall–Kier alpha value is -1.52. The molecule has 0 bridgehead atoms. The number of hydrogen-bond donors (Lipinski definition) is 2. The number of aromatic nitrogens is 2. The third-order valence-electron chi connectivity index (χ3n) is 1.26. The number of nitrogens with zero attached hydrogens (tertiary/aromatic N) is 1. The van der Waals surface area contributed by atoms with Gasteiger partial charge in [0.2, 0.25) is 0 Å². The van der Waals surface area contributed by atoms with Gasteiger partial charge in [-0.05, 0) is 20.8 Å². The van der Waals surface area contributed by atoms with Crippen LogP contribution in [-0.2, 0) is 5.11 Å². The molecule has 1 radical (unpaired) electrons. The molecule has 0 aliphatic heterocycles. The van der Waals surface area contributed by atoms with E-state index in [9.17, 15) is 9.90 Å². The van der Waals surface area contributed by atoms with Crippen molar-refractivity contribution in [3.63, 3.8) is 0 Å². The van der Waals surface area contributed by atoms with E-state index in [1.54, 1.807) is 0 Å². The molecule has 13 heavy (non-hydrogen) atoms. The van der Waals surface area contributed by atoms with Gasteiger partial charge in [0.1, 0.15) is 0 Å². The highest BCUT2D eigenvalue weighted by Gasteiger charge is 2.17. The van der Waals surface area contributed by atoms with Crippen LogP contribution in [0.15, 0.2) is 6.20 Å². The minimum Gasteiger partial charge on any atom is -0.345 e. The Morgan fingerprint density at radius 1 is 1.54 bits per heavy atom. The van der Waals surface area contributed by atoms with Gasteiger partial charge in [0.15, 0.2) is 5.82 Å². The van der Waals surface area contributed by atoms with Crippen LogP contribution in [0.4, 0.5) is 0 Å². The Labute approximate surface area is 76.2 Å². The number of aromatic amines is 1. The van der Waals surface area contributed by atoms with Crippen LogP contribution < -0.4 is 5.32 Å². The lowest BCUT2D eigenvalue weighted by Gasteiger charge is -2.19. The lowest BCUT2D eigenvalue weighted by Crippen LogP contribution is -2.41. The van der Waals surface area contributed by atoms with E-state index in [1.165, 1.54) is 0 Å². The Morgan fingerprint density at radius 3 is 2.54 bits per heavy atom. The molecule has 0 spiro atoms. The number of nitrogens with one attached hydrogen (secondary N) is 2. The summed E-state index contributed by atoms with van der Waals surface area (Å²) in [6.45, 7) is 5.56. The fourth-order valence-electron chi connectivity index (χ4n) is 0.821. The highest BCUT2D eigenvalue weighted by atomic mass is 16.3. The van der Waals surface area contributed by atoms with Gasteiger partial charge in [-0.15, -0.1) is 0 Å². The fraction of sp³-hybridized carbons (Fsp3) is 0.500. The SMILES string of the molecule is CC(C)(C)NC(=O)c1nc([O])c[nH]1. The zero-order valence-electron chi connectivity index (χ0n) is 7.84. The van der Waals surface area contributed by atoms with Crippen molar-refractivity contribution in [3.8, 4) is 5.88 Å². The molecule has 0 aliphatic carbocycles. The molecule has 5 heteroatoms. The van der Waals surface area contributed by atoms with E-state index in [0.29, 0.717) is 0 Å². The van der Waals surface area contributed by atoms with Crippen molar-refractivity contribution in [2.24, 2.45) is 0 Å². The minimum absolute atomic E-state index is 0.0555. The van der Waals surface area contributed by atoms with Crippen molar-refractivity contribution >= 4 is 5.91 Å². The normalized spacial score (nSPS) is 11.3. The largest absolute Gasteiger partial charge is 0.345 e. The number of rotatable bonds is 1. The average molecular weight is 182 g/mol. The third kappa shape index (κ3) is 2.77. The van der Waals surface area contributed by atoms with E-state index < -0.39 is 5.88 Å². The Kier molecular flexibility index (Phi) is 2.27. The van der Waals surface area contributed by atoms with Crippen LogP contribution in [0, 0.1) is 0 Å². The second-order valence-corrected chi connectivity index (χ2v) is 3.79. The first-order valence-electron chi connectivity index (χ1n) is 3.93. The summed E-state index contributed by atoms with van der Waals surface area (Å²) in [6.07, 6.45) is 1.15. The quantitative estimate of drug-likeness (QED) is 0.681. The number of carbonyl (C=O) groups excluding carboxylic acids is 1. The van der Waals surface area contributed by atoms with Crippen LogP contribution in [0.3, 0.4) is 0 Å². The van der Waals surface area contributed by atoms with E-state index in [0.717, 1.165) is 6.20 Å². The van der Waals surface area contributed by atoms with E-state index in [4.69, 9.17) is 0 Å². The van der Waals surface area contributed by atoms with Gasteiger partial charge in [-0.2, -0.15) is 4.98 Å². The number of hydrogen-bond acceptors (Lipinski definition) is 2. The van der Waals surface area contributed by atoms with Gasteiger partial charge in [0.05, 0.1) is 6.20 Å². The van der Waals surface area contributed by atoms with Crippen LogP contribution in [0.1, 0.15) is 31.4 Å². The maximum Gasteiger partial charge on any atom is 0.288 e. The molecule has 0 saturated heterocycles. The van der Waals surface area contributed by atoms with Gasteiger partial charge >= 0.3 is 0 Å². The van der Waals surface area contributed by atoms with Crippen molar-refractivity contribution in [2.45, 2.75) is 26.3 Å². The van der Waals surface area contributed by atoms with Crippen molar-refractivity contribution in [1.82, 2.24) is 15.3 Å². The van der Waals surface area contributed by atoms with E-state index >= 15 is 0 Å². The van der Waals surface area contributed by atoms with Gasteiger partial charge in [-0.3, -0.25) is 9.90 Å². The number of carbonyl (C=O) groups is 1. The summed E-state index contributed by atoms with van der Waals surface area (Å²) in [5, 5.41) is 13.3. The van der Waals surface area contributed by atoms with E-state index in [2.05, 4.69) is 15.3 Å². The summed E-state index contributed by atoms with van der Waals surface area (Å²) in [5.74, 6) is -0.742. The molecule has 2 N–H and O–H groups in total.